The van der Waals surface area contributed by atoms with Gasteiger partial charge in [0, 0.05) is 25.2 Å². The highest BCUT2D eigenvalue weighted by Gasteiger charge is 2.24. The fraction of sp³-hybridized carbons (Fsp3) is 0.391. The molecule has 2 amide bonds. The lowest BCUT2D eigenvalue weighted by Gasteiger charge is -2.35. The highest BCUT2D eigenvalue weighted by molar-refractivity contribution is 6.32. The van der Waals surface area contributed by atoms with Crippen molar-refractivity contribution in [2.75, 3.05) is 46.6 Å². The molecule has 1 saturated heterocycles. The van der Waals surface area contributed by atoms with Crippen LogP contribution in [0.5, 0.6) is 11.5 Å². The molecule has 172 valence electrons. The molecular weight excluding hydrogens is 434 g/mol. The maximum absolute atomic E-state index is 12.9. The lowest BCUT2D eigenvalue weighted by molar-refractivity contribution is -0.119. The number of rotatable bonds is 9. The summed E-state index contributed by atoms with van der Waals surface area (Å²) in [5, 5.41) is 3.16. The third kappa shape index (κ3) is 6.12. The van der Waals surface area contributed by atoms with Crippen LogP contribution in [0.2, 0.25) is 5.02 Å². The van der Waals surface area contributed by atoms with Gasteiger partial charge in [0.25, 0.3) is 11.8 Å². The number of nitrogens with one attached hydrogen (secondary N) is 1. The molecule has 0 radical (unpaired) electrons. The van der Waals surface area contributed by atoms with Crippen LogP contribution < -0.4 is 20.5 Å². The van der Waals surface area contributed by atoms with Crippen LogP contribution in [0.3, 0.4) is 0 Å². The second-order valence-corrected chi connectivity index (χ2v) is 7.94. The molecule has 1 unspecified atom stereocenters. The highest BCUT2D eigenvalue weighted by atomic mass is 35.5. The molecule has 0 saturated carbocycles. The van der Waals surface area contributed by atoms with Gasteiger partial charge in [-0.1, -0.05) is 41.4 Å². The number of primary amides is 1. The first kappa shape index (κ1) is 23.8. The molecule has 1 aliphatic heterocycles. The minimum atomic E-state index is -0.643. The first-order valence-corrected chi connectivity index (χ1v) is 10.7. The monoisotopic (exact) mass is 461 g/mol. The number of methoxy groups -OCH3 is 1. The number of hydrogen-bond acceptors (Lipinski definition) is 6. The quantitative estimate of drug-likeness (QED) is 0.594. The molecule has 8 nitrogen and oxygen atoms in total. The number of ether oxygens (including phenoxy) is 3. The highest BCUT2D eigenvalue weighted by Crippen LogP contribution is 2.36. The van der Waals surface area contributed by atoms with E-state index in [1.807, 2.05) is 6.92 Å². The number of benzene rings is 2. The smallest absolute Gasteiger partial charge is 0.255 e. The van der Waals surface area contributed by atoms with Gasteiger partial charge >= 0.3 is 0 Å². The van der Waals surface area contributed by atoms with E-state index in [1.165, 1.54) is 24.8 Å². The molecule has 9 heteroatoms. The van der Waals surface area contributed by atoms with Gasteiger partial charge in [0.2, 0.25) is 0 Å². The van der Waals surface area contributed by atoms with Crippen LogP contribution in [0.25, 0.3) is 0 Å². The van der Waals surface area contributed by atoms with Crippen LogP contribution in [0.1, 0.15) is 27.5 Å². The summed E-state index contributed by atoms with van der Waals surface area (Å²) in [6.45, 7) is 5.02. The Morgan fingerprint density at radius 3 is 2.53 bits per heavy atom. The van der Waals surface area contributed by atoms with E-state index < -0.39 is 5.91 Å². The zero-order valence-electron chi connectivity index (χ0n) is 18.2. The van der Waals surface area contributed by atoms with Crippen molar-refractivity contribution in [3.8, 4) is 11.5 Å². The van der Waals surface area contributed by atoms with Crippen LogP contribution in [-0.2, 0) is 9.53 Å². The van der Waals surface area contributed by atoms with Gasteiger partial charge in [-0.15, -0.1) is 0 Å². The molecule has 0 bridgehead atoms. The van der Waals surface area contributed by atoms with E-state index in [1.54, 1.807) is 0 Å². The molecule has 2 aromatic rings. The second-order valence-electron chi connectivity index (χ2n) is 7.53. The van der Waals surface area contributed by atoms with Gasteiger partial charge in [0.05, 0.1) is 31.4 Å². The molecule has 1 atom stereocenters. The van der Waals surface area contributed by atoms with Gasteiger partial charge in [-0.05, 0) is 24.6 Å². The summed E-state index contributed by atoms with van der Waals surface area (Å²) >= 11 is 6.28. The van der Waals surface area contributed by atoms with Crippen molar-refractivity contribution in [2.24, 2.45) is 5.73 Å². The van der Waals surface area contributed by atoms with E-state index in [2.05, 4.69) is 34.5 Å². The van der Waals surface area contributed by atoms with Gasteiger partial charge in [-0.2, -0.15) is 0 Å². The molecule has 1 aliphatic rings. The minimum Gasteiger partial charge on any atom is -0.493 e. The molecule has 32 heavy (non-hydrogen) atoms. The number of nitrogens with two attached hydrogens (primary N) is 1. The number of aryl methyl sites for hydroxylation is 1. The molecule has 1 fully saturated rings. The van der Waals surface area contributed by atoms with Gasteiger partial charge in [0.15, 0.2) is 18.1 Å². The Kier molecular flexibility index (Phi) is 8.33. The van der Waals surface area contributed by atoms with E-state index >= 15 is 0 Å². The van der Waals surface area contributed by atoms with E-state index in [-0.39, 0.29) is 35.1 Å². The molecule has 3 N–H and O–H groups in total. The first-order chi connectivity index (χ1) is 15.4. The number of halogens is 1. The largest absolute Gasteiger partial charge is 0.493 e. The van der Waals surface area contributed by atoms with Crippen molar-refractivity contribution in [1.82, 2.24) is 10.2 Å². The fourth-order valence-electron chi connectivity index (χ4n) is 3.56. The Balaban J connectivity index is 1.76. The second kappa shape index (κ2) is 11.2. The summed E-state index contributed by atoms with van der Waals surface area (Å²) < 4.78 is 16.1. The maximum Gasteiger partial charge on any atom is 0.255 e. The maximum atomic E-state index is 12.9. The standard InChI is InChI=1S/C23H28ClN3O5/c1-15-3-5-16(6-4-15)19(27-7-9-31-10-8-27)13-26-23(29)17-11-18(24)22(20(12-17)30-2)32-14-21(25)28/h3-6,11-12,19H,7-10,13-14H2,1-2H3,(H2,25,28)(H,26,29). The van der Waals surface area contributed by atoms with Gasteiger partial charge in [-0.3, -0.25) is 14.5 Å². The minimum absolute atomic E-state index is 0.0130. The molecule has 0 aliphatic carbocycles. The zero-order valence-corrected chi connectivity index (χ0v) is 19.0. The Bertz CT molecular complexity index is 945. The predicted molar refractivity (Wildman–Crippen MR) is 121 cm³/mol. The van der Waals surface area contributed by atoms with Crippen LogP contribution in [-0.4, -0.2) is 63.3 Å². The summed E-state index contributed by atoms with van der Waals surface area (Å²) in [4.78, 5) is 26.3. The first-order valence-electron chi connectivity index (χ1n) is 10.3. The average Bonchev–Trinajstić information content (AvgIpc) is 2.79. The number of amides is 2. The van der Waals surface area contributed by atoms with E-state index in [0.29, 0.717) is 25.3 Å². The zero-order chi connectivity index (χ0) is 23.1. The van der Waals surface area contributed by atoms with Crippen molar-refractivity contribution in [3.63, 3.8) is 0 Å². The Morgan fingerprint density at radius 1 is 1.22 bits per heavy atom. The molecule has 0 aromatic heterocycles. The lowest BCUT2D eigenvalue weighted by atomic mass is 10.0. The van der Waals surface area contributed by atoms with Gasteiger partial charge < -0.3 is 25.3 Å². The molecular formula is C23H28ClN3O5. The number of carbonyl (C=O) groups excluding carboxylic acids is 2. The Morgan fingerprint density at radius 2 is 1.91 bits per heavy atom. The number of carbonyl (C=O) groups is 2. The van der Waals surface area contributed by atoms with E-state index in [0.717, 1.165) is 18.7 Å². The van der Waals surface area contributed by atoms with E-state index in [4.69, 9.17) is 31.5 Å². The third-order valence-electron chi connectivity index (χ3n) is 5.25. The van der Waals surface area contributed by atoms with Crippen molar-refractivity contribution in [2.45, 2.75) is 13.0 Å². The predicted octanol–water partition coefficient (Wildman–Crippen LogP) is 2.32. The molecule has 3 rings (SSSR count). The van der Waals surface area contributed by atoms with Crippen molar-refractivity contribution >= 4 is 23.4 Å². The average molecular weight is 462 g/mol. The Hall–Kier alpha value is -2.81. The number of hydrogen-bond donors (Lipinski definition) is 2. The SMILES string of the molecule is COc1cc(C(=O)NCC(c2ccc(C)cc2)N2CCOCC2)cc(Cl)c1OCC(N)=O. The van der Waals surface area contributed by atoms with Crippen LogP contribution >= 0.6 is 11.6 Å². The topological polar surface area (TPSA) is 103 Å². The fourth-order valence-corrected chi connectivity index (χ4v) is 3.83. The van der Waals surface area contributed by atoms with Crippen molar-refractivity contribution in [3.05, 3.63) is 58.1 Å². The van der Waals surface area contributed by atoms with Gasteiger partial charge in [-0.25, -0.2) is 0 Å². The molecule has 2 aromatic carbocycles. The molecule has 1 heterocycles. The lowest BCUT2D eigenvalue weighted by Crippen LogP contribution is -2.43. The summed E-state index contributed by atoms with van der Waals surface area (Å²) in [5.74, 6) is -0.533. The summed E-state index contributed by atoms with van der Waals surface area (Å²) in [6, 6.07) is 11.3. The molecule has 0 spiro atoms. The summed E-state index contributed by atoms with van der Waals surface area (Å²) in [7, 11) is 1.43. The van der Waals surface area contributed by atoms with Gasteiger partial charge in [0.1, 0.15) is 0 Å². The van der Waals surface area contributed by atoms with Crippen molar-refractivity contribution < 1.29 is 23.8 Å². The van der Waals surface area contributed by atoms with Crippen LogP contribution in [0.4, 0.5) is 0 Å². The summed E-state index contributed by atoms with van der Waals surface area (Å²) in [6.07, 6.45) is 0. The Labute approximate surface area is 192 Å². The van der Waals surface area contributed by atoms with Crippen LogP contribution in [0, 0.1) is 6.92 Å². The van der Waals surface area contributed by atoms with Crippen LogP contribution in [0.15, 0.2) is 36.4 Å². The number of morpholine rings is 1. The number of nitrogens with zero attached hydrogens (tertiary/aromatic N) is 1. The summed E-state index contributed by atoms with van der Waals surface area (Å²) in [5.41, 5.74) is 7.75. The van der Waals surface area contributed by atoms with Crippen molar-refractivity contribution in [1.29, 1.82) is 0 Å². The normalized spacial score (nSPS) is 15.1. The van der Waals surface area contributed by atoms with E-state index in [9.17, 15) is 9.59 Å². The third-order valence-corrected chi connectivity index (χ3v) is 5.54.